The SMILES string of the molecule is O=C(Nc1ccc(OCCN2CCOCC2)c2ccccc12)c1ccnc(N2CCCCC2)c1. The normalized spacial score (nSPS) is 17.0. The minimum Gasteiger partial charge on any atom is -0.492 e. The van der Waals surface area contributed by atoms with E-state index in [1.54, 1.807) is 12.3 Å². The van der Waals surface area contributed by atoms with E-state index in [2.05, 4.69) is 20.1 Å². The molecular formula is C27H32N4O3. The first kappa shape index (κ1) is 22.6. The second-order valence-corrected chi connectivity index (χ2v) is 8.86. The van der Waals surface area contributed by atoms with E-state index in [9.17, 15) is 4.79 Å². The van der Waals surface area contributed by atoms with Crippen LogP contribution in [0.5, 0.6) is 5.75 Å². The van der Waals surface area contributed by atoms with Gasteiger partial charge in [0, 0.05) is 60.9 Å². The molecule has 34 heavy (non-hydrogen) atoms. The fourth-order valence-corrected chi connectivity index (χ4v) is 4.67. The lowest BCUT2D eigenvalue weighted by Crippen LogP contribution is -2.38. The number of carbonyl (C=O) groups excluding carboxylic acids is 1. The molecule has 5 rings (SSSR count). The van der Waals surface area contributed by atoms with Crippen molar-refractivity contribution in [3.05, 3.63) is 60.3 Å². The smallest absolute Gasteiger partial charge is 0.255 e. The van der Waals surface area contributed by atoms with Gasteiger partial charge in [0.25, 0.3) is 5.91 Å². The van der Waals surface area contributed by atoms with Crippen LogP contribution in [-0.2, 0) is 4.74 Å². The molecule has 2 saturated heterocycles. The molecular weight excluding hydrogens is 428 g/mol. The second kappa shape index (κ2) is 10.8. The summed E-state index contributed by atoms with van der Waals surface area (Å²) >= 11 is 0. The topological polar surface area (TPSA) is 66.9 Å². The van der Waals surface area contributed by atoms with E-state index in [-0.39, 0.29) is 5.91 Å². The van der Waals surface area contributed by atoms with Crippen LogP contribution < -0.4 is 15.0 Å². The van der Waals surface area contributed by atoms with Crippen molar-refractivity contribution >= 4 is 28.2 Å². The monoisotopic (exact) mass is 460 g/mol. The van der Waals surface area contributed by atoms with Crippen molar-refractivity contribution in [3.63, 3.8) is 0 Å². The summed E-state index contributed by atoms with van der Waals surface area (Å²) in [4.78, 5) is 22.2. The summed E-state index contributed by atoms with van der Waals surface area (Å²) in [6, 6.07) is 15.6. The van der Waals surface area contributed by atoms with Crippen LogP contribution in [0.1, 0.15) is 29.6 Å². The van der Waals surface area contributed by atoms with Gasteiger partial charge >= 0.3 is 0 Å². The maximum absolute atomic E-state index is 13.1. The Balaban J connectivity index is 1.29. The van der Waals surface area contributed by atoms with Gasteiger partial charge in [-0.25, -0.2) is 4.98 Å². The Bertz CT molecular complexity index is 1120. The number of hydrogen-bond donors (Lipinski definition) is 1. The van der Waals surface area contributed by atoms with Crippen LogP contribution in [-0.4, -0.2) is 68.3 Å². The van der Waals surface area contributed by atoms with Crippen molar-refractivity contribution in [2.24, 2.45) is 0 Å². The number of ether oxygens (including phenoxy) is 2. The number of anilines is 2. The molecule has 7 heteroatoms. The van der Waals surface area contributed by atoms with Gasteiger partial charge in [0.05, 0.1) is 13.2 Å². The number of aromatic nitrogens is 1. The Hall–Kier alpha value is -3.16. The van der Waals surface area contributed by atoms with Gasteiger partial charge in [-0.1, -0.05) is 24.3 Å². The first-order valence-corrected chi connectivity index (χ1v) is 12.2. The number of rotatable bonds is 7. The van der Waals surface area contributed by atoms with E-state index in [0.29, 0.717) is 12.2 Å². The number of nitrogens with one attached hydrogen (secondary N) is 1. The molecule has 0 spiro atoms. The van der Waals surface area contributed by atoms with E-state index in [4.69, 9.17) is 9.47 Å². The Labute approximate surface area is 200 Å². The molecule has 0 saturated carbocycles. The molecule has 178 valence electrons. The van der Waals surface area contributed by atoms with E-state index < -0.39 is 0 Å². The average Bonchev–Trinajstić information content (AvgIpc) is 2.91. The maximum Gasteiger partial charge on any atom is 0.255 e. The number of morpholine rings is 1. The van der Waals surface area contributed by atoms with Crippen molar-refractivity contribution in [3.8, 4) is 5.75 Å². The molecule has 0 bridgehead atoms. The number of amides is 1. The first-order chi connectivity index (χ1) is 16.8. The molecule has 2 aliphatic rings. The number of hydrogen-bond acceptors (Lipinski definition) is 6. The lowest BCUT2D eigenvalue weighted by atomic mass is 10.1. The van der Waals surface area contributed by atoms with Gasteiger partial charge < -0.3 is 19.7 Å². The summed E-state index contributed by atoms with van der Waals surface area (Å²) in [7, 11) is 0. The van der Waals surface area contributed by atoms with Crippen molar-refractivity contribution in [2.45, 2.75) is 19.3 Å². The highest BCUT2D eigenvalue weighted by molar-refractivity contribution is 6.10. The Morgan fingerprint density at radius 1 is 0.971 bits per heavy atom. The van der Waals surface area contributed by atoms with Crippen molar-refractivity contribution < 1.29 is 14.3 Å². The van der Waals surface area contributed by atoms with Crippen molar-refractivity contribution in [2.75, 3.05) is 62.8 Å². The lowest BCUT2D eigenvalue weighted by Gasteiger charge is -2.27. The van der Waals surface area contributed by atoms with E-state index in [0.717, 1.165) is 74.0 Å². The minimum absolute atomic E-state index is 0.133. The van der Waals surface area contributed by atoms with E-state index in [1.165, 1.54) is 19.3 Å². The number of pyridine rings is 1. The standard InChI is InChI=1S/C27H32N4O3/c32-27(21-10-11-28-26(20-21)31-12-4-1-5-13-31)29-24-8-9-25(23-7-3-2-6-22(23)24)34-19-16-30-14-17-33-18-15-30/h2-3,6-11,20H,1,4-5,12-19H2,(H,29,32). The van der Waals surface area contributed by atoms with Gasteiger partial charge in [0.15, 0.2) is 0 Å². The van der Waals surface area contributed by atoms with Gasteiger partial charge in [-0.3, -0.25) is 9.69 Å². The molecule has 1 aromatic heterocycles. The van der Waals surface area contributed by atoms with Crippen LogP contribution in [0.15, 0.2) is 54.7 Å². The molecule has 0 atom stereocenters. The number of fused-ring (bicyclic) bond motifs is 1. The van der Waals surface area contributed by atoms with Gasteiger partial charge in [-0.15, -0.1) is 0 Å². The summed E-state index contributed by atoms with van der Waals surface area (Å²) in [5.74, 6) is 1.58. The highest BCUT2D eigenvalue weighted by Crippen LogP contribution is 2.32. The number of nitrogens with zero attached hydrogens (tertiary/aromatic N) is 3. The van der Waals surface area contributed by atoms with E-state index >= 15 is 0 Å². The quantitative estimate of drug-likeness (QED) is 0.570. The molecule has 3 aromatic rings. The molecule has 0 radical (unpaired) electrons. The summed E-state index contributed by atoms with van der Waals surface area (Å²) < 4.78 is 11.6. The number of benzene rings is 2. The van der Waals surface area contributed by atoms with Crippen LogP contribution in [0.4, 0.5) is 11.5 Å². The third-order valence-corrected chi connectivity index (χ3v) is 6.59. The number of carbonyl (C=O) groups is 1. The van der Waals surface area contributed by atoms with Gasteiger partial charge in [0.2, 0.25) is 0 Å². The van der Waals surface area contributed by atoms with Crippen LogP contribution in [0, 0.1) is 0 Å². The highest BCUT2D eigenvalue weighted by atomic mass is 16.5. The van der Waals surface area contributed by atoms with Crippen LogP contribution in [0.2, 0.25) is 0 Å². The third-order valence-electron chi connectivity index (χ3n) is 6.59. The Morgan fingerprint density at radius 2 is 1.76 bits per heavy atom. The third kappa shape index (κ3) is 5.32. The van der Waals surface area contributed by atoms with Gasteiger partial charge in [-0.2, -0.15) is 0 Å². The van der Waals surface area contributed by atoms with Gasteiger partial charge in [0.1, 0.15) is 18.2 Å². The number of piperidine rings is 1. The predicted molar refractivity (Wildman–Crippen MR) is 135 cm³/mol. The molecule has 2 aliphatic heterocycles. The predicted octanol–water partition coefficient (Wildman–Crippen LogP) is 4.19. The molecule has 7 nitrogen and oxygen atoms in total. The van der Waals surface area contributed by atoms with Gasteiger partial charge in [-0.05, 0) is 43.5 Å². The Morgan fingerprint density at radius 3 is 2.59 bits per heavy atom. The van der Waals surface area contributed by atoms with Crippen LogP contribution in [0.25, 0.3) is 10.8 Å². The molecule has 2 fully saturated rings. The molecule has 2 aromatic carbocycles. The summed E-state index contributed by atoms with van der Waals surface area (Å²) in [5.41, 5.74) is 1.39. The zero-order chi connectivity index (χ0) is 23.2. The summed E-state index contributed by atoms with van der Waals surface area (Å²) in [6.45, 7) is 6.95. The molecule has 3 heterocycles. The zero-order valence-corrected chi connectivity index (χ0v) is 19.5. The first-order valence-electron chi connectivity index (χ1n) is 12.2. The second-order valence-electron chi connectivity index (χ2n) is 8.86. The van der Waals surface area contributed by atoms with Crippen molar-refractivity contribution in [1.29, 1.82) is 0 Å². The van der Waals surface area contributed by atoms with Crippen LogP contribution >= 0.6 is 0 Å². The maximum atomic E-state index is 13.1. The molecule has 1 amide bonds. The minimum atomic E-state index is -0.133. The molecule has 1 N–H and O–H groups in total. The molecule has 0 unspecified atom stereocenters. The molecule has 0 aliphatic carbocycles. The zero-order valence-electron chi connectivity index (χ0n) is 19.5. The largest absolute Gasteiger partial charge is 0.492 e. The Kier molecular flexibility index (Phi) is 7.22. The lowest BCUT2D eigenvalue weighted by molar-refractivity contribution is 0.0323. The van der Waals surface area contributed by atoms with Crippen molar-refractivity contribution in [1.82, 2.24) is 9.88 Å². The summed E-state index contributed by atoms with van der Waals surface area (Å²) in [5, 5.41) is 5.06. The van der Waals surface area contributed by atoms with E-state index in [1.807, 2.05) is 42.5 Å². The fourth-order valence-electron chi connectivity index (χ4n) is 4.67. The summed E-state index contributed by atoms with van der Waals surface area (Å²) in [6.07, 6.45) is 5.33. The average molecular weight is 461 g/mol. The fraction of sp³-hybridized carbons (Fsp3) is 0.407. The highest BCUT2D eigenvalue weighted by Gasteiger charge is 2.16. The van der Waals surface area contributed by atoms with Crippen LogP contribution in [0.3, 0.4) is 0 Å².